The van der Waals surface area contributed by atoms with E-state index in [-0.39, 0.29) is 35.3 Å². The molecule has 0 aromatic heterocycles. The summed E-state index contributed by atoms with van der Waals surface area (Å²) in [6, 6.07) is 3.03. The van der Waals surface area contributed by atoms with E-state index in [9.17, 15) is 18.4 Å². The second-order valence-corrected chi connectivity index (χ2v) is 7.82. The van der Waals surface area contributed by atoms with Gasteiger partial charge in [0.1, 0.15) is 11.6 Å². The SMILES string of the molecule is C[C@H](C(=O)NC1CCCCC1)N1CCC(C(=O)c2cc(F)ccc2F)CC1. The van der Waals surface area contributed by atoms with Crippen molar-refractivity contribution >= 4 is 11.7 Å². The normalized spacial score (nSPS) is 21.0. The number of likely N-dealkylation sites (tertiary alicyclic amines) is 1. The summed E-state index contributed by atoms with van der Waals surface area (Å²) in [5.74, 6) is -1.91. The summed E-state index contributed by atoms with van der Waals surface area (Å²) in [7, 11) is 0. The number of Topliss-reactive ketones (excluding diaryl/α,β-unsaturated/α-hetero) is 1. The van der Waals surface area contributed by atoms with Crippen molar-refractivity contribution in [3.05, 3.63) is 35.4 Å². The lowest BCUT2D eigenvalue weighted by Crippen LogP contribution is -2.51. The number of amides is 1. The second kappa shape index (κ2) is 8.91. The van der Waals surface area contributed by atoms with Crippen LogP contribution in [0.3, 0.4) is 0 Å². The van der Waals surface area contributed by atoms with Crippen LogP contribution in [-0.4, -0.2) is 41.8 Å². The number of rotatable bonds is 5. The molecule has 2 fully saturated rings. The quantitative estimate of drug-likeness (QED) is 0.795. The van der Waals surface area contributed by atoms with E-state index in [1.54, 1.807) is 0 Å². The molecule has 1 saturated carbocycles. The molecule has 1 heterocycles. The average molecular weight is 378 g/mol. The summed E-state index contributed by atoms with van der Waals surface area (Å²) in [5, 5.41) is 3.15. The average Bonchev–Trinajstić information content (AvgIpc) is 2.69. The molecule has 0 bridgehead atoms. The zero-order valence-electron chi connectivity index (χ0n) is 15.8. The molecule has 0 unspecified atom stereocenters. The Morgan fingerprint density at radius 3 is 2.41 bits per heavy atom. The Kier molecular flexibility index (Phi) is 6.58. The van der Waals surface area contributed by atoms with Crippen molar-refractivity contribution in [3.8, 4) is 0 Å². The van der Waals surface area contributed by atoms with E-state index < -0.39 is 11.6 Å². The summed E-state index contributed by atoms with van der Waals surface area (Å²) >= 11 is 0. The molecular formula is C21H28F2N2O2. The zero-order valence-corrected chi connectivity index (χ0v) is 15.8. The molecule has 1 saturated heterocycles. The lowest BCUT2D eigenvalue weighted by molar-refractivity contribution is -0.127. The highest BCUT2D eigenvalue weighted by Crippen LogP contribution is 2.25. The Hall–Kier alpha value is -1.82. The fraction of sp³-hybridized carbons (Fsp3) is 0.619. The molecule has 6 heteroatoms. The molecule has 1 aliphatic carbocycles. The Morgan fingerprint density at radius 2 is 1.74 bits per heavy atom. The highest BCUT2D eigenvalue weighted by molar-refractivity contribution is 5.98. The maximum absolute atomic E-state index is 13.9. The number of ketones is 1. The molecular weight excluding hydrogens is 350 g/mol. The molecule has 1 atom stereocenters. The Balaban J connectivity index is 1.52. The maximum Gasteiger partial charge on any atom is 0.237 e. The Bertz CT molecular complexity index is 681. The first-order valence-electron chi connectivity index (χ1n) is 9.99. The minimum absolute atomic E-state index is 0.0443. The van der Waals surface area contributed by atoms with E-state index in [0.29, 0.717) is 25.9 Å². The molecule has 1 amide bonds. The van der Waals surface area contributed by atoms with Crippen LogP contribution in [0.2, 0.25) is 0 Å². The number of halogens is 2. The number of piperidine rings is 1. The van der Waals surface area contributed by atoms with E-state index >= 15 is 0 Å². The van der Waals surface area contributed by atoms with Gasteiger partial charge in [-0.3, -0.25) is 14.5 Å². The van der Waals surface area contributed by atoms with Gasteiger partial charge in [0.05, 0.1) is 11.6 Å². The van der Waals surface area contributed by atoms with Crippen LogP contribution in [0.4, 0.5) is 8.78 Å². The number of nitrogens with one attached hydrogen (secondary N) is 1. The van der Waals surface area contributed by atoms with Crippen LogP contribution in [-0.2, 0) is 4.79 Å². The monoisotopic (exact) mass is 378 g/mol. The van der Waals surface area contributed by atoms with Gasteiger partial charge in [0.15, 0.2) is 5.78 Å². The van der Waals surface area contributed by atoms with E-state index in [4.69, 9.17) is 0 Å². The van der Waals surface area contributed by atoms with Gasteiger partial charge in [-0.15, -0.1) is 0 Å². The Morgan fingerprint density at radius 1 is 1.07 bits per heavy atom. The lowest BCUT2D eigenvalue weighted by Gasteiger charge is -2.35. The van der Waals surface area contributed by atoms with Crippen LogP contribution in [0.25, 0.3) is 0 Å². The standard InChI is InChI=1S/C21H28F2N2O2/c1-14(21(27)24-17-5-3-2-4-6-17)25-11-9-15(10-12-25)20(26)18-13-16(22)7-8-19(18)23/h7-8,13-15,17H,2-6,9-12H2,1H3,(H,24,27)/t14-/m1/s1. The third-order valence-electron chi connectivity index (χ3n) is 5.97. The molecule has 148 valence electrons. The summed E-state index contributed by atoms with van der Waals surface area (Å²) in [4.78, 5) is 27.1. The topological polar surface area (TPSA) is 49.4 Å². The number of hydrogen-bond acceptors (Lipinski definition) is 3. The maximum atomic E-state index is 13.9. The largest absolute Gasteiger partial charge is 0.352 e. The minimum atomic E-state index is -0.677. The van der Waals surface area contributed by atoms with Gasteiger partial charge in [-0.25, -0.2) is 8.78 Å². The fourth-order valence-corrected chi connectivity index (χ4v) is 4.19. The summed E-state index contributed by atoms with van der Waals surface area (Å²) in [5.41, 5.74) is -0.170. The fourth-order valence-electron chi connectivity index (χ4n) is 4.19. The number of nitrogens with zero attached hydrogens (tertiary/aromatic N) is 1. The molecule has 0 radical (unpaired) electrons. The van der Waals surface area contributed by atoms with Gasteiger partial charge in [0.25, 0.3) is 0 Å². The molecule has 1 aromatic rings. The van der Waals surface area contributed by atoms with E-state index in [0.717, 1.165) is 31.0 Å². The molecule has 27 heavy (non-hydrogen) atoms. The van der Waals surface area contributed by atoms with Gasteiger partial charge < -0.3 is 5.32 Å². The molecule has 4 nitrogen and oxygen atoms in total. The van der Waals surface area contributed by atoms with Crippen LogP contribution in [0.5, 0.6) is 0 Å². The van der Waals surface area contributed by atoms with Crippen molar-refractivity contribution in [3.63, 3.8) is 0 Å². The van der Waals surface area contributed by atoms with Crippen LogP contribution in [0.1, 0.15) is 62.2 Å². The van der Waals surface area contributed by atoms with E-state index in [1.165, 1.54) is 19.3 Å². The number of carbonyl (C=O) groups is 2. The predicted molar refractivity (Wildman–Crippen MR) is 99.5 cm³/mol. The van der Waals surface area contributed by atoms with Crippen molar-refractivity contribution in [2.75, 3.05) is 13.1 Å². The highest BCUT2D eigenvalue weighted by atomic mass is 19.1. The molecule has 0 spiro atoms. The van der Waals surface area contributed by atoms with Gasteiger partial charge in [-0.2, -0.15) is 0 Å². The summed E-state index contributed by atoms with van der Waals surface area (Å²) < 4.78 is 27.2. The van der Waals surface area contributed by atoms with Crippen LogP contribution in [0, 0.1) is 17.6 Å². The zero-order chi connectivity index (χ0) is 19.4. The van der Waals surface area contributed by atoms with Crippen LogP contribution in [0.15, 0.2) is 18.2 Å². The molecule has 1 aliphatic heterocycles. The lowest BCUT2D eigenvalue weighted by atomic mass is 9.88. The van der Waals surface area contributed by atoms with Crippen molar-refractivity contribution in [1.29, 1.82) is 0 Å². The first-order valence-corrected chi connectivity index (χ1v) is 9.99. The van der Waals surface area contributed by atoms with Crippen molar-refractivity contribution < 1.29 is 18.4 Å². The minimum Gasteiger partial charge on any atom is -0.352 e. The third-order valence-corrected chi connectivity index (χ3v) is 5.97. The van der Waals surface area contributed by atoms with Crippen LogP contribution < -0.4 is 5.32 Å². The molecule has 3 rings (SSSR count). The first-order chi connectivity index (χ1) is 13.0. The second-order valence-electron chi connectivity index (χ2n) is 7.82. The summed E-state index contributed by atoms with van der Waals surface area (Å²) in [6.45, 7) is 3.10. The van der Waals surface area contributed by atoms with Gasteiger partial charge in [-0.05, 0) is 63.9 Å². The Labute approximate surface area is 159 Å². The van der Waals surface area contributed by atoms with Crippen LogP contribution >= 0.6 is 0 Å². The van der Waals surface area contributed by atoms with E-state index in [1.807, 2.05) is 6.92 Å². The van der Waals surface area contributed by atoms with E-state index in [2.05, 4.69) is 10.2 Å². The molecule has 1 aromatic carbocycles. The number of carbonyl (C=O) groups excluding carboxylic acids is 2. The van der Waals surface area contributed by atoms with Gasteiger partial charge >= 0.3 is 0 Å². The summed E-state index contributed by atoms with van der Waals surface area (Å²) in [6.07, 6.45) is 6.79. The molecule has 2 aliphatic rings. The predicted octanol–water partition coefficient (Wildman–Crippen LogP) is 3.70. The van der Waals surface area contributed by atoms with Gasteiger partial charge in [0, 0.05) is 12.0 Å². The van der Waals surface area contributed by atoms with Crippen molar-refractivity contribution in [2.24, 2.45) is 5.92 Å². The van der Waals surface area contributed by atoms with Gasteiger partial charge in [0.2, 0.25) is 5.91 Å². The van der Waals surface area contributed by atoms with Gasteiger partial charge in [-0.1, -0.05) is 19.3 Å². The number of benzene rings is 1. The van der Waals surface area contributed by atoms with Crippen molar-refractivity contribution in [1.82, 2.24) is 10.2 Å². The highest BCUT2D eigenvalue weighted by Gasteiger charge is 2.32. The number of hydrogen-bond donors (Lipinski definition) is 1. The first kappa shape index (κ1) is 19.9. The smallest absolute Gasteiger partial charge is 0.237 e. The third kappa shape index (κ3) is 4.92. The van der Waals surface area contributed by atoms with Crippen molar-refractivity contribution in [2.45, 2.75) is 64.0 Å². The molecule has 1 N–H and O–H groups in total.